The summed E-state index contributed by atoms with van der Waals surface area (Å²) in [4.78, 5) is 0. The second-order valence-corrected chi connectivity index (χ2v) is 8.62. The van der Waals surface area contributed by atoms with Gasteiger partial charge in [0, 0.05) is 19.8 Å². The lowest BCUT2D eigenvalue weighted by Crippen LogP contribution is -2.25. The Balaban J connectivity index is 3.49. The summed E-state index contributed by atoms with van der Waals surface area (Å²) in [5, 5.41) is 28.0. The van der Waals surface area contributed by atoms with Crippen LogP contribution in [0.2, 0.25) is 0 Å². The van der Waals surface area contributed by atoms with Crippen LogP contribution in [0.4, 0.5) is 0 Å². The van der Waals surface area contributed by atoms with E-state index in [1.807, 2.05) is 0 Å². The van der Waals surface area contributed by atoms with E-state index in [0.717, 1.165) is 12.8 Å². The second kappa shape index (κ2) is 20.6. The molecule has 0 amide bonds. The standard InChI is InChI=1S/C24H50O3/c1-2-3-4-5-6-7-8-9-10-11-12-13-14-15-16-17-24(18-21-25,19-22-26)20-23-27/h25-27H,2-23H2,1H3. The molecule has 0 heterocycles. The van der Waals surface area contributed by atoms with E-state index in [1.54, 1.807) is 0 Å². The summed E-state index contributed by atoms with van der Waals surface area (Å²) in [5.41, 5.74) is -0.0607. The predicted octanol–water partition coefficient (Wildman–Crippen LogP) is 6.38. The monoisotopic (exact) mass is 386 g/mol. The molecule has 0 unspecified atom stereocenters. The number of aliphatic hydroxyl groups excluding tert-OH is 3. The molecule has 0 spiro atoms. The predicted molar refractivity (Wildman–Crippen MR) is 117 cm³/mol. The molecule has 0 aromatic rings. The minimum atomic E-state index is -0.0607. The summed E-state index contributed by atoms with van der Waals surface area (Å²) in [7, 11) is 0. The van der Waals surface area contributed by atoms with Crippen LogP contribution in [-0.4, -0.2) is 35.1 Å². The lowest BCUT2D eigenvalue weighted by Gasteiger charge is -2.32. The first kappa shape index (κ1) is 26.9. The molecule has 0 saturated heterocycles. The fourth-order valence-corrected chi connectivity index (χ4v) is 4.33. The van der Waals surface area contributed by atoms with Crippen molar-refractivity contribution in [1.29, 1.82) is 0 Å². The quantitative estimate of drug-likeness (QED) is 0.189. The van der Waals surface area contributed by atoms with Gasteiger partial charge in [0.1, 0.15) is 0 Å². The Hall–Kier alpha value is -0.120. The smallest absolute Gasteiger partial charge is 0.0436 e. The van der Waals surface area contributed by atoms with Crippen molar-refractivity contribution < 1.29 is 15.3 Å². The molecule has 0 bridgehead atoms. The van der Waals surface area contributed by atoms with E-state index in [9.17, 15) is 15.3 Å². The van der Waals surface area contributed by atoms with Crippen LogP contribution in [0.1, 0.15) is 129 Å². The van der Waals surface area contributed by atoms with Crippen molar-refractivity contribution in [3.05, 3.63) is 0 Å². The van der Waals surface area contributed by atoms with Crippen LogP contribution in [0.5, 0.6) is 0 Å². The third-order valence-electron chi connectivity index (χ3n) is 6.24. The summed E-state index contributed by atoms with van der Waals surface area (Å²) in [5.74, 6) is 0. The topological polar surface area (TPSA) is 60.7 Å². The average Bonchev–Trinajstić information content (AvgIpc) is 2.65. The third kappa shape index (κ3) is 16.5. The first-order valence-electron chi connectivity index (χ1n) is 12.1. The van der Waals surface area contributed by atoms with Crippen molar-refractivity contribution in [3.63, 3.8) is 0 Å². The van der Waals surface area contributed by atoms with Gasteiger partial charge in [-0.05, 0) is 31.1 Å². The fourth-order valence-electron chi connectivity index (χ4n) is 4.33. The van der Waals surface area contributed by atoms with E-state index in [4.69, 9.17) is 0 Å². The molecule has 3 N–H and O–H groups in total. The van der Waals surface area contributed by atoms with E-state index in [2.05, 4.69) is 6.92 Å². The Kier molecular flexibility index (Phi) is 20.5. The average molecular weight is 387 g/mol. The number of hydrogen-bond acceptors (Lipinski definition) is 3. The number of rotatable bonds is 22. The van der Waals surface area contributed by atoms with E-state index in [1.165, 1.54) is 89.9 Å². The molecule has 0 aliphatic carbocycles. The highest BCUT2D eigenvalue weighted by Gasteiger charge is 2.27. The summed E-state index contributed by atoms with van der Waals surface area (Å²) < 4.78 is 0. The minimum absolute atomic E-state index is 0.0607. The van der Waals surface area contributed by atoms with E-state index in [0.29, 0.717) is 19.3 Å². The number of aliphatic hydroxyl groups is 3. The van der Waals surface area contributed by atoms with Gasteiger partial charge in [0.15, 0.2) is 0 Å². The SMILES string of the molecule is CCCCCCCCCCCCCCCCCC(CCO)(CCO)CCO. The summed E-state index contributed by atoms with van der Waals surface area (Å²) in [6.07, 6.45) is 23.6. The highest BCUT2D eigenvalue weighted by molar-refractivity contribution is 4.79. The summed E-state index contributed by atoms with van der Waals surface area (Å²) in [6, 6.07) is 0. The van der Waals surface area contributed by atoms with Gasteiger partial charge in [-0.25, -0.2) is 0 Å². The Bertz CT molecular complexity index is 264. The van der Waals surface area contributed by atoms with Crippen LogP contribution in [0.25, 0.3) is 0 Å². The first-order valence-corrected chi connectivity index (χ1v) is 12.1. The van der Waals surface area contributed by atoms with Gasteiger partial charge >= 0.3 is 0 Å². The maximum atomic E-state index is 9.32. The van der Waals surface area contributed by atoms with Gasteiger partial charge in [-0.1, -0.05) is 103 Å². The van der Waals surface area contributed by atoms with Gasteiger partial charge in [-0.3, -0.25) is 0 Å². The molecule has 0 aromatic heterocycles. The van der Waals surface area contributed by atoms with Crippen molar-refractivity contribution in [1.82, 2.24) is 0 Å². The van der Waals surface area contributed by atoms with Gasteiger partial charge < -0.3 is 15.3 Å². The van der Waals surface area contributed by atoms with E-state index in [-0.39, 0.29) is 25.2 Å². The molecule has 164 valence electrons. The summed E-state index contributed by atoms with van der Waals surface area (Å²) >= 11 is 0. The van der Waals surface area contributed by atoms with Crippen LogP contribution in [-0.2, 0) is 0 Å². The molecule has 0 aromatic carbocycles. The molecule has 0 aliphatic rings. The van der Waals surface area contributed by atoms with Gasteiger partial charge in [0.05, 0.1) is 0 Å². The molecule has 27 heavy (non-hydrogen) atoms. The fraction of sp³-hybridized carbons (Fsp3) is 1.00. The van der Waals surface area contributed by atoms with Crippen molar-refractivity contribution in [3.8, 4) is 0 Å². The second-order valence-electron chi connectivity index (χ2n) is 8.62. The van der Waals surface area contributed by atoms with E-state index >= 15 is 0 Å². The van der Waals surface area contributed by atoms with Crippen molar-refractivity contribution >= 4 is 0 Å². The molecule has 3 nitrogen and oxygen atoms in total. The Morgan fingerprint density at radius 3 is 1.00 bits per heavy atom. The number of unbranched alkanes of at least 4 members (excludes halogenated alkanes) is 14. The minimum Gasteiger partial charge on any atom is -0.396 e. The maximum Gasteiger partial charge on any atom is 0.0436 e. The molecular weight excluding hydrogens is 336 g/mol. The molecule has 0 saturated carbocycles. The van der Waals surface area contributed by atoms with Crippen LogP contribution < -0.4 is 0 Å². The van der Waals surface area contributed by atoms with Crippen molar-refractivity contribution in [2.24, 2.45) is 5.41 Å². The molecule has 0 fully saturated rings. The van der Waals surface area contributed by atoms with E-state index < -0.39 is 0 Å². The lowest BCUT2D eigenvalue weighted by molar-refractivity contribution is 0.0885. The van der Waals surface area contributed by atoms with Crippen LogP contribution in [0, 0.1) is 5.41 Å². The molecule has 0 rings (SSSR count). The zero-order chi connectivity index (χ0) is 20.1. The van der Waals surface area contributed by atoms with Gasteiger partial charge in [0.25, 0.3) is 0 Å². The lowest BCUT2D eigenvalue weighted by atomic mass is 9.74. The van der Waals surface area contributed by atoms with Crippen molar-refractivity contribution in [2.45, 2.75) is 129 Å². The Labute approximate surface area is 170 Å². The Morgan fingerprint density at radius 2 is 0.704 bits per heavy atom. The maximum absolute atomic E-state index is 9.32. The van der Waals surface area contributed by atoms with Crippen LogP contribution in [0.3, 0.4) is 0 Å². The highest BCUT2D eigenvalue weighted by atomic mass is 16.3. The molecule has 0 radical (unpaired) electrons. The first-order chi connectivity index (χ1) is 13.2. The Morgan fingerprint density at radius 1 is 0.407 bits per heavy atom. The molecular formula is C24H50O3. The molecule has 3 heteroatoms. The van der Waals surface area contributed by atoms with Gasteiger partial charge in [0.2, 0.25) is 0 Å². The van der Waals surface area contributed by atoms with Crippen molar-refractivity contribution in [2.75, 3.05) is 19.8 Å². The zero-order valence-electron chi connectivity index (χ0n) is 18.4. The number of hydrogen-bond donors (Lipinski definition) is 3. The highest BCUT2D eigenvalue weighted by Crippen LogP contribution is 2.36. The molecule has 0 aliphatic heterocycles. The van der Waals surface area contributed by atoms with Gasteiger partial charge in [-0.2, -0.15) is 0 Å². The third-order valence-corrected chi connectivity index (χ3v) is 6.24. The summed E-state index contributed by atoms with van der Waals surface area (Å²) in [6.45, 7) is 2.73. The van der Waals surface area contributed by atoms with Gasteiger partial charge in [-0.15, -0.1) is 0 Å². The van der Waals surface area contributed by atoms with Crippen LogP contribution in [0.15, 0.2) is 0 Å². The molecule has 0 atom stereocenters. The largest absolute Gasteiger partial charge is 0.396 e. The van der Waals surface area contributed by atoms with Crippen LogP contribution >= 0.6 is 0 Å². The normalized spacial score (nSPS) is 12.0. The zero-order valence-corrected chi connectivity index (χ0v) is 18.4.